The summed E-state index contributed by atoms with van der Waals surface area (Å²) in [7, 11) is 2.52. The molecule has 1 heterocycles. The lowest BCUT2D eigenvalue weighted by atomic mass is 9.74. The second-order valence-corrected chi connectivity index (χ2v) is 7.64. The van der Waals surface area contributed by atoms with Gasteiger partial charge < -0.3 is 14.4 Å². The summed E-state index contributed by atoms with van der Waals surface area (Å²) < 4.78 is 9.84. The van der Waals surface area contributed by atoms with Crippen LogP contribution in [0.5, 0.6) is 0 Å². The van der Waals surface area contributed by atoms with Crippen LogP contribution in [0.15, 0.2) is 72.4 Å². The van der Waals surface area contributed by atoms with Crippen LogP contribution in [0.2, 0.25) is 0 Å². The number of carbonyl (C=O) groups excluding carboxylic acids is 3. The molecule has 162 valence electrons. The molecule has 4 atom stereocenters. The third-order valence-corrected chi connectivity index (χ3v) is 5.85. The predicted molar refractivity (Wildman–Crippen MR) is 116 cm³/mol. The molecule has 2 aromatic rings. The molecule has 6 heteroatoms. The van der Waals surface area contributed by atoms with Crippen molar-refractivity contribution < 1.29 is 23.9 Å². The third kappa shape index (κ3) is 4.38. The number of likely N-dealkylation sites (tertiary alicyclic amines) is 1. The molecule has 0 bridgehead atoms. The molecule has 0 aliphatic carbocycles. The molecular formula is C25H27NO5. The van der Waals surface area contributed by atoms with Gasteiger partial charge in [-0.05, 0) is 11.1 Å². The third-order valence-electron chi connectivity index (χ3n) is 5.85. The molecule has 0 spiro atoms. The van der Waals surface area contributed by atoms with Gasteiger partial charge >= 0.3 is 11.9 Å². The summed E-state index contributed by atoms with van der Waals surface area (Å²) in [6, 6.07) is 18.1. The first-order valence-electron chi connectivity index (χ1n) is 10.2. The Balaban J connectivity index is 2.29. The number of nitrogens with zero attached hydrogens (tertiary/aromatic N) is 1. The first-order chi connectivity index (χ1) is 14.9. The maximum Gasteiger partial charge on any atom is 0.354 e. The van der Waals surface area contributed by atoms with Gasteiger partial charge in [0.2, 0.25) is 0 Å². The van der Waals surface area contributed by atoms with Crippen LogP contribution in [0, 0.1) is 11.8 Å². The Hall–Kier alpha value is -3.41. The minimum atomic E-state index is -0.670. The Bertz CT molecular complexity index is 914. The van der Waals surface area contributed by atoms with Gasteiger partial charge in [0, 0.05) is 11.8 Å². The molecule has 0 radical (unpaired) electrons. The number of hydrogen-bond acceptors (Lipinski definition) is 6. The van der Waals surface area contributed by atoms with Crippen molar-refractivity contribution in [3.05, 3.63) is 83.6 Å². The maximum atomic E-state index is 13.3. The number of ether oxygens (including phenoxy) is 2. The number of methoxy groups -OCH3 is 2. The Morgan fingerprint density at radius 1 is 0.806 bits per heavy atom. The quantitative estimate of drug-likeness (QED) is 0.539. The highest BCUT2D eigenvalue weighted by Gasteiger charge is 2.48. The molecule has 0 aromatic heterocycles. The zero-order chi connectivity index (χ0) is 22.5. The number of rotatable bonds is 5. The number of carbonyl (C=O) groups is 3. The molecule has 1 fully saturated rings. The monoisotopic (exact) mass is 421 g/mol. The molecule has 6 nitrogen and oxygen atoms in total. The molecule has 0 unspecified atom stereocenters. The van der Waals surface area contributed by atoms with Gasteiger partial charge in [-0.2, -0.15) is 0 Å². The van der Waals surface area contributed by atoms with Crippen molar-refractivity contribution in [2.75, 3.05) is 14.2 Å². The van der Waals surface area contributed by atoms with E-state index in [1.807, 2.05) is 79.4 Å². The number of Topliss-reactive ketones (excluding diaryl/α,β-unsaturated/α-hetero) is 1. The first-order valence-corrected chi connectivity index (χ1v) is 10.2. The van der Waals surface area contributed by atoms with E-state index < -0.39 is 35.9 Å². The Morgan fingerprint density at radius 2 is 1.26 bits per heavy atom. The minimum Gasteiger partial charge on any atom is -0.466 e. The van der Waals surface area contributed by atoms with Crippen molar-refractivity contribution in [1.29, 1.82) is 0 Å². The molecule has 31 heavy (non-hydrogen) atoms. The Morgan fingerprint density at radius 3 is 1.65 bits per heavy atom. The maximum absolute atomic E-state index is 13.3. The van der Waals surface area contributed by atoms with Gasteiger partial charge in [0.25, 0.3) is 0 Å². The van der Waals surface area contributed by atoms with Crippen molar-refractivity contribution in [3.63, 3.8) is 0 Å². The second kappa shape index (κ2) is 9.60. The van der Waals surface area contributed by atoms with Gasteiger partial charge in [0.1, 0.15) is 11.5 Å². The van der Waals surface area contributed by atoms with E-state index in [1.54, 1.807) is 0 Å². The molecule has 0 amide bonds. The summed E-state index contributed by atoms with van der Waals surface area (Å²) in [4.78, 5) is 40.3. The van der Waals surface area contributed by atoms with Crippen molar-refractivity contribution in [2.45, 2.75) is 25.9 Å². The highest BCUT2D eigenvalue weighted by atomic mass is 16.5. The van der Waals surface area contributed by atoms with Crippen LogP contribution >= 0.6 is 0 Å². The van der Waals surface area contributed by atoms with E-state index in [0.717, 1.165) is 17.2 Å². The van der Waals surface area contributed by atoms with Crippen LogP contribution < -0.4 is 0 Å². The molecule has 0 N–H and O–H groups in total. The predicted octanol–water partition coefficient (Wildman–Crippen LogP) is 3.86. The summed E-state index contributed by atoms with van der Waals surface area (Å²) in [6.45, 7) is 3.72. The SMILES string of the molecule is COC(=O)/C=C(\C(=O)OC)N1[C@@H](c2ccccc2)[C@H](C)C(=O)[C@H](C)[C@@H]1c1ccccc1. The smallest absolute Gasteiger partial charge is 0.354 e. The topological polar surface area (TPSA) is 72.9 Å². The number of benzene rings is 2. The van der Waals surface area contributed by atoms with Gasteiger partial charge in [0.15, 0.2) is 0 Å². The van der Waals surface area contributed by atoms with Crippen molar-refractivity contribution in [2.24, 2.45) is 11.8 Å². The average Bonchev–Trinajstić information content (AvgIpc) is 2.81. The summed E-state index contributed by atoms with van der Waals surface area (Å²) in [6.07, 6.45) is 1.15. The van der Waals surface area contributed by atoms with Gasteiger partial charge in [-0.1, -0.05) is 74.5 Å². The molecule has 1 aliphatic heterocycles. The summed E-state index contributed by atoms with van der Waals surface area (Å²) in [5.74, 6) is -2.07. The van der Waals surface area contributed by atoms with E-state index >= 15 is 0 Å². The van der Waals surface area contributed by atoms with Crippen molar-refractivity contribution in [3.8, 4) is 0 Å². The van der Waals surface area contributed by atoms with E-state index in [-0.39, 0.29) is 11.5 Å². The lowest BCUT2D eigenvalue weighted by Gasteiger charge is -2.49. The van der Waals surface area contributed by atoms with Crippen LogP contribution in [0.4, 0.5) is 0 Å². The fourth-order valence-electron chi connectivity index (χ4n) is 4.39. The Kier molecular flexibility index (Phi) is 6.90. The fraction of sp³-hybridized carbons (Fsp3) is 0.320. The van der Waals surface area contributed by atoms with E-state index in [9.17, 15) is 14.4 Å². The molecule has 0 saturated carbocycles. The second-order valence-electron chi connectivity index (χ2n) is 7.64. The summed E-state index contributed by atoms with van der Waals surface area (Å²) in [5.41, 5.74) is 1.80. The average molecular weight is 421 g/mol. The first kappa shape index (κ1) is 22.3. The number of hydrogen-bond donors (Lipinski definition) is 0. The van der Waals surface area contributed by atoms with Gasteiger partial charge in [-0.25, -0.2) is 9.59 Å². The van der Waals surface area contributed by atoms with Gasteiger partial charge in [-0.15, -0.1) is 0 Å². The molecule has 2 aromatic carbocycles. The lowest BCUT2D eigenvalue weighted by molar-refractivity contribution is -0.145. The largest absolute Gasteiger partial charge is 0.466 e. The number of esters is 2. The molecule has 1 saturated heterocycles. The van der Waals surface area contributed by atoms with Crippen molar-refractivity contribution >= 4 is 17.7 Å². The van der Waals surface area contributed by atoms with E-state index in [1.165, 1.54) is 14.2 Å². The molecule has 3 rings (SSSR count). The lowest BCUT2D eigenvalue weighted by Crippen LogP contribution is -2.50. The minimum absolute atomic E-state index is 0.0586. The van der Waals surface area contributed by atoms with E-state index in [2.05, 4.69) is 0 Å². The number of ketones is 1. The zero-order valence-electron chi connectivity index (χ0n) is 18.1. The van der Waals surface area contributed by atoms with E-state index in [4.69, 9.17) is 9.47 Å². The zero-order valence-corrected chi connectivity index (χ0v) is 18.1. The van der Waals surface area contributed by atoms with Crippen LogP contribution in [-0.2, 0) is 23.9 Å². The van der Waals surface area contributed by atoms with E-state index in [0.29, 0.717) is 0 Å². The highest BCUT2D eigenvalue weighted by molar-refractivity contribution is 5.96. The van der Waals surface area contributed by atoms with Crippen LogP contribution in [-0.4, -0.2) is 36.8 Å². The summed E-state index contributed by atoms with van der Waals surface area (Å²) >= 11 is 0. The highest BCUT2D eigenvalue weighted by Crippen LogP contribution is 2.48. The fourth-order valence-corrected chi connectivity index (χ4v) is 4.39. The number of piperidine rings is 1. The molecule has 1 aliphatic rings. The van der Waals surface area contributed by atoms with Crippen LogP contribution in [0.3, 0.4) is 0 Å². The summed E-state index contributed by atoms with van der Waals surface area (Å²) in [5, 5.41) is 0. The van der Waals surface area contributed by atoms with Gasteiger partial charge in [-0.3, -0.25) is 4.79 Å². The molecular weight excluding hydrogens is 394 g/mol. The normalized spacial score (nSPS) is 23.9. The standard InChI is InChI=1S/C25H27NO5/c1-16-22(18-11-7-5-8-12-18)26(20(25(29)31-4)15-21(27)30-3)23(17(2)24(16)28)19-13-9-6-10-14-19/h5-17,22-23H,1-4H3/b20-15+/t16-,17+,22-,23-/m1/s1. The van der Waals surface area contributed by atoms with Crippen LogP contribution in [0.1, 0.15) is 37.1 Å². The van der Waals surface area contributed by atoms with Gasteiger partial charge in [0.05, 0.1) is 32.4 Å². The van der Waals surface area contributed by atoms with Crippen LogP contribution in [0.25, 0.3) is 0 Å². The Labute approximate surface area is 182 Å². The van der Waals surface area contributed by atoms with Crippen molar-refractivity contribution in [1.82, 2.24) is 4.90 Å².